The van der Waals surface area contributed by atoms with Crippen molar-refractivity contribution in [1.82, 2.24) is 0 Å². The van der Waals surface area contributed by atoms with Crippen LogP contribution in [-0.4, -0.2) is 29.1 Å². The van der Waals surface area contributed by atoms with Crippen molar-refractivity contribution in [2.45, 2.75) is 24.7 Å². The lowest BCUT2D eigenvalue weighted by Crippen LogP contribution is -2.21. The molecule has 19 heavy (non-hydrogen) atoms. The first-order chi connectivity index (χ1) is 9.13. The third kappa shape index (κ3) is 3.44. The average Bonchev–Trinajstić information content (AvgIpc) is 2.40. The Balaban J connectivity index is 2.23. The molecule has 0 saturated carbocycles. The molecule has 0 amide bonds. The predicted octanol–water partition coefficient (Wildman–Crippen LogP) is 3.08. The Morgan fingerprint density at radius 1 is 1.47 bits per heavy atom. The zero-order chi connectivity index (χ0) is 13.8. The van der Waals surface area contributed by atoms with Gasteiger partial charge in [0.25, 0.3) is 0 Å². The molecule has 0 spiro atoms. The average molecular weight is 300 g/mol. The van der Waals surface area contributed by atoms with E-state index in [1.165, 1.54) is 11.5 Å². The monoisotopic (exact) mass is 299 g/mol. The quantitative estimate of drug-likeness (QED) is 0.897. The van der Waals surface area contributed by atoms with E-state index in [-0.39, 0.29) is 6.54 Å². The second-order valence-electron chi connectivity index (χ2n) is 4.79. The van der Waals surface area contributed by atoms with E-state index in [4.69, 9.17) is 22.4 Å². The van der Waals surface area contributed by atoms with E-state index in [2.05, 4.69) is 0 Å². The van der Waals surface area contributed by atoms with Crippen LogP contribution in [-0.2, 0) is 4.79 Å². The van der Waals surface area contributed by atoms with Crippen molar-refractivity contribution >= 4 is 29.3 Å². The van der Waals surface area contributed by atoms with Gasteiger partial charge in [-0.3, -0.25) is 4.79 Å². The van der Waals surface area contributed by atoms with Crippen molar-refractivity contribution in [2.24, 2.45) is 5.73 Å². The summed E-state index contributed by atoms with van der Waals surface area (Å²) in [7, 11) is 0. The maximum atomic E-state index is 11.1. The van der Waals surface area contributed by atoms with Crippen LogP contribution in [0.15, 0.2) is 18.2 Å². The summed E-state index contributed by atoms with van der Waals surface area (Å²) >= 11 is 8.31. The third-order valence-corrected chi connectivity index (χ3v) is 5.00. The standard InChI is InChI=1S/C14H18ClNO2S/c15-13-7-10(12(8-16)14(17)18)1-2-11(13)9-3-5-19-6-4-9/h1-2,7,9,12H,3-6,8,16H2,(H,17,18). The molecule has 0 bridgehead atoms. The topological polar surface area (TPSA) is 63.3 Å². The molecular formula is C14H18ClNO2S. The van der Waals surface area contributed by atoms with Gasteiger partial charge < -0.3 is 10.8 Å². The molecule has 0 aromatic heterocycles. The lowest BCUT2D eigenvalue weighted by molar-refractivity contribution is -0.138. The van der Waals surface area contributed by atoms with Crippen molar-refractivity contribution in [2.75, 3.05) is 18.1 Å². The lowest BCUT2D eigenvalue weighted by atomic mass is 9.90. The number of carboxylic acids is 1. The fourth-order valence-corrected chi connectivity index (χ4v) is 3.93. The highest BCUT2D eigenvalue weighted by atomic mass is 35.5. The van der Waals surface area contributed by atoms with E-state index in [1.807, 2.05) is 23.9 Å². The Kier molecular flexibility index (Phi) is 5.13. The highest BCUT2D eigenvalue weighted by Gasteiger charge is 2.22. The van der Waals surface area contributed by atoms with Gasteiger partial charge in [0.2, 0.25) is 0 Å². The zero-order valence-corrected chi connectivity index (χ0v) is 12.2. The molecule has 0 aliphatic carbocycles. The van der Waals surface area contributed by atoms with E-state index in [0.717, 1.165) is 18.4 Å². The molecule has 1 saturated heterocycles. The molecule has 3 N–H and O–H groups in total. The molecule has 1 aromatic carbocycles. The minimum atomic E-state index is -0.902. The van der Waals surface area contributed by atoms with Crippen molar-refractivity contribution in [3.63, 3.8) is 0 Å². The molecule has 1 aliphatic heterocycles. The second kappa shape index (κ2) is 6.64. The van der Waals surface area contributed by atoms with Crippen LogP contribution in [0.2, 0.25) is 5.02 Å². The summed E-state index contributed by atoms with van der Waals surface area (Å²) in [6.07, 6.45) is 2.28. The third-order valence-electron chi connectivity index (χ3n) is 3.62. The van der Waals surface area contributed by atoms with Gasteiger partial charge in [-0.25, -0.2) is 0 Å². The summed E-state index contributed by atoms with van der Waals surface area (Å²) in [6, 6.07) is 5.60. The van der Waals surface area contributed by atoms with Crippen LogP contribution in [0.4, 0.5) is 0 Å². The molecule has 2 rings (SSSR count). The minimum absolute atomic E-state index is 0.0884. The predicted molar refractivity (Wildman–Crippen MR) is 80.2 cm³/mol. The van der Waals surface area contributed by atoms with Gasteiger partial charge in [0, 0.05) is 11.6 Å². The molecule has 3 nitrogen and oxygen atoms in total. The van der Waals surface area contributed by atoms with Gasteiger partial charge in [-0.15, -0.1) is 0 Å². The largest absolute Gasteiger partial charge is 0.481 e. The van der Waals surface area contributed by atoms with Crippen molar-refractivity contribution < 1.29 is 9.90 Å². The van der Waals surface area contributed by atoms with E-state index in [0.29, 0.717) is 16.5 Å². The first kappa shape index (κ1) is 14.7. The number of hydrogen-bond acceptors (Lipinski definition) is 3. The van der Waals surface area contributed by atoms with Crippen LogP contribution in [0.25, 0.3) is 0 Å². The Morgan fingerprint density at radius 2 is 2.16 bits per heavy atom. The van der Waals surface area contributed by atoms with E-state index in [1.54, 1.807) is 6.07 Å². The number of aliphatic carboxylic acids is 1. The van der Waals surface area contributed by atoms with Gasteiger partial charge in [-0.2, -0.15) is 11.8 Å². The van der Waals surface area contributed by atoms with E-state index in [9.17, 15) is 4.79 Å². The van der Waals surface area contributed by atoms with Crippen LogP contribution >= 0.6 is 23.4 Å². The molecule has 1 heterocycles. The number of carbonyl (C=O) groups is 1. The first-order valence-corrected chi connectivity index (χ1v) is 7.96. The second-order valence-corrected chi connectivity index (χ2v) is 6.43. The Morgan fingerprint density at radius 3 is 2.68 bits per heavy atom. The van der Waals surface area contributed by atoms with Gasteiger partial charge in [-0.1, -0.05) is 23.7 Å². The number of rotatable bonds is 4. The normalized spacial score (nSPS) is 18.2. The molecule has 104 valence electrons. The van der Waals surface area contributed by atoms with Gasteiger partial charge >= 0.3 is 5.97 Å². The van der Waals surface area contributed by atoms with E-state index >= 15 is 0 Å². The van der Waals surface area contributed by atoms with Crippen LogP contribution in [0.5, 0.6) is 0 Å². The van der Waals surface area contributed by atoms with Crippen molar-refractivity contribution in [1.29, 1.82) is 0 Å². The number of benzene rings is 1. The Hall–Kier alpha value is -0.710. The lowest BCUT2D eigenvalue weighted by Gasteiger charge is -2.23. The zero-order valence-electron chi connectivity index (χ0n) is 10.6. The minimum Gasteiger partial charge on any atom is -0.481 e. The number of carboxylic acid groups (broad SMARTS) is 1. The van der Waals surface area contributed by atoms with Gasteiger partial charge in [-0.05, 0) is 47.5 Å². The van der Waals surface area contributed by atoms with Crippen LogP contribution in [0.1, 0.15) is 35.8 Å². The SMILES string of the molecule is NCC(C(=O)O)c1ccc(C2CCSCC2)c(Cl)c1. The molecule has 1 aliphatic rings. The maximum absolute atomic E-state index is 11.1. The van der Waals surface area contributed by atoms with Gasteiger partial charge in [0.15, 0.2) is 0 Å². The van der Waals surface area contributed by atoms with Gasteiger partial charge in [0.1, 0.15) is 0 Å². The Bertz CT molecular complexity index is 461. The van der Waals surface area contributed by atoms with Crippen molar-refractivity contribution in [3.05, 3.63) is 34.3 Å². The summed E-state index contributed by atoms with van der Waals surface area (Å²) in [6.45, 7) is 0.0884. The van der Waals surface area contributed by atoms with Crippen LogP contribution in [0, 0.1) is 0 Å². The number of hydrogen-bond donors (Lipinski definition) is 2. The Labute approximate surface area is 122 Å². The number of halogens is 1. The summed E-state index contributed by atoms with van der Waals surface area (Å²) in [5, 5.41) is 9.78. The molecule has 1 unspecified atom stereocenters. The van der Waals surface area contributed by atoms with Crippen LogP contribution < -0.4 is 5.73 Å². The van der Waals surface area contributed by atoms with Crippen molar-refractivity contribution in [3.8, 4) is 0 Å². The number of thioether (sulfide) groups is 1. The van der Waals surface area contributed by atoms with Crippen LogP contribution in [0.3, 0.4) is 0 Å². The summed E-state index contributed by atoms with van der Waals surface area (Å²) in [4.78, 5) is 11.1. The smallest absolute Gasteiger partial charge is 0.312 e. The summed E-state index contributed by atoms with van der Waals surface area (Å²) in [5.74, 6) is 1.27. The molecule has 5 heteroatoms. The highest BCUT2D eigenvalue weighted by Crippen LogP contribution is 2.36. The fraction of sp³-hybridized carbons (Fsp3) is 0.500. The molecule has 1 fully saturated rings. The van der Waals surface area contributed by atoms with Gasteiger partial charge in [0.05, 0.1) is 5.92 Å². The molecular weight excluding hydrogens is 282 g/mol. The molecule has 0 radical (unpaired) electrons. The van der Waals surface area contributed by atoms with E-state index < -0.39 is 11.9 Å². The first-order valence-electron chi connectivity index (χ1n) is 6.43. The summed E-state index contributed by atoms with van der Waals surface area (Å²) < 4.78 is 0. The fourth-order valence-electron chi connectivity index (χ4n) is 2.48. The highest BCUT2D eigenvalue weighted by molar-refractivity contribution is 7.99. The summed E-state index contributed by atoms with van der Waals surface area (Å²) in [5.41, 5.74) is 7.34. The maximum Gasteiger partial charge on any atom is 0.312 e. The molecule has 1 aromatic rings. The molecule has 1 atom stereocenters. The number of nitrogens with two attached hydrogens (primary N) is 1.